The van der Waals surface area contributed by atoms with Gasteiger partial charge in [0, 0.05) is 6.20 Å². The van der Waals surface area contributed by atoms with E-state index in [1.807, 2.05) is 0 Å². The van der Waals surface area contributed by atoms with Gasteiger partial charge in [0.1, 0.15) is 24.5 Å². The number of aromatic carboxylic acids is 1. The first-order valence-electron chi connectivity index (χ1n) is 3.67. The Labute approximate surface area is 78.1 Å². The van der Waals surface area contributed by atoms with Gasteiger partial charge in [-0.05, 0) is 0 Å². The van der Waals surface area contributed by atoms with Crippen molar-refractivity contribution in [1.82, 2.24) is 24.7 Å². The second-order valence-electron chi connectivity index (χ2n) is 2.43. The molecule has 0 saturated heterocycles. The fourth-order valence-electron chi connectivity index (χ4n) is 0.990. The molecule has 0 bridgehead atoms. The van der Waals surface area contributed by atoms with Crippen molar-refractivity contribution in [2.45, 2.75) is 0 Å². The highest BCUT2D eigenvalue weighted by Gasteiger charge is 2.12. The largest absolute Gasteiger partial charge is 0.477 e. The molecule has 0 spiro atoms. The lowest BCUT2D eigenvalue weighted by atomic mass is 10.3. The van der Waals surface area contributed by atoms with Crippen LogP contribution in [0.3, 0.4) is 0 Å². The van der Waals surface area contributed by atoms with Crippen LogP contribution in [0.1, 0.15) is 10.4 Å². The van der Waals surface area contributed by atoms with E-state index >= 15 is 0 Å². The molecule has 0 aliphatic carbocycles. The molecule has 0 fully saturated rings. The topological polar surface area (TPSA) is 93.8 Å². The molecule has 0 atom stereocenters. The summed E-state index contributed by atoms with van der Waals surface area (Å²) in [6, 6.07) is 0. The lowest BCUT2D eigenvalue weighted by Gasteiger charge is -2.02. The van der Waals surface area contributed by atoms with Crippen molar-refractivity contribution < 1.29 is 9.90 Å². The maximum Gasteiger partial charge on any atom is 0.341 e. The maximum absolute atomic E-state index is 10.8. The molecule has 0 aliphatic rings. The van der Waals surface area contributed by atoms with Gasteiger partial charge in [0.25, 0.3) is 0 Å². The number of hydrogen-bond acceptors (Lipinski definition) is 5. The molecule has 2 aromatic heterocycles. The third-order valence-corrected chi connectivity index (χ3v) is 1.58. The number of carboxylic acids is 1. The average molecular weight is 191 g/mol. The fourth-order valence-corrected chi connectivity index (χ4v) is 0.990. The van der Waals surface area contributed by atoms with Gasteiger partial charge in [-0.15, -0.1) is 10.2 Å². The molecular weight excluding hydrogens is 186 g/mol. The highest BCUT2D eigenvalue weighted by molar-refractivity contribution is 5.90. The Kier molecular flexibility index (Phi) is 1.90. The lowest BCUT2D eigenvalue weighted by Crippen LogP contribution is -2.07. The van der Waals surface area contributed by atoms with Gasteiger partial charge in [0.15, 0.2) is 5.82 Å². The Bertz CT molecular complexity index is 453. The maximum atomic E-state index is 10.8. The van der Waals surface area contributed by atoms with Crippen LogP contribution in [0.4, 0.5) is 0 Å². The molecule has 2 heterocycles. The van der Waals surface area contributed by atoms with Crippen molar-refractivity contribution in [3.05, 3.63) is 30.7 Å². The minimum absolute atomic E-state index is 0.00676. The van der Waals surface area contributed by atoms with Crippen molar-refractivity contribution >= 4 is 5.97 Å². The van der Waals surface area contributed by atoms with Gasteiger partial charge in [-0.1, -0.05) is 0 Å². The first-order chi connectivity index (χ1) is 6.79. The minimum Gasteiger partial charge on any atom is -0.477 e. The lowest BCUT2D eigenvalue weighted by molar-refractivity contribution is 0.0696. The first kappa shape index (κ1) is 8.30. The number of rotatable bonds is 2. The molecule has 0 saturated carbocycles. The van der Waals surface area contributed by atoms with Crippen LogP contribution in [-0.2, 0) is 0 Å². The Morgan fingerprint density at radius 3 is 2.71 bits per heavy atom. The molecule has 0 amide bonds. The Morgan fingerprint density at radius 1 is 1.36 bits per heavy atom. The molecule has 0 unspecified atom stereocenters. The summed E-state index contributed by atoms with van der Waals surface area (Å²) < 4.78 is 1.41. The standard InChI is InChI=1S/C7H5N5O2/c13-7(14)5-1-8-2-9-6(5)12-3-10-11-4-12/h1-4H,(H,13,14). The number of carbonyl (C=O) groups is 1. The summed E-state index contributed by atoms with van der Waals surface area (Å²) in [5.74, 6) is -0.841. The van der Waals surface area contributed by atoms with Crippen molar-refractivity contribution in [3.63, 3.8) is 0 Å². The van der Waals surface area contributed by atoms with E-state index in [2.05, 4.69) is 20.2 Å². The van der Waals surface area contributed by atoms with Gasteiger partial charge in [0.2, 0.25) is 0 Å². The minimum atomic E-state index is -1.09. The van der Waals surface area contributed by atoms with Crippen LogP contribution < -0.4 is 0 Å². The average Bonchev–Trinajstić information content (AvgIpc) is 2.70. The second-order valence-corrected chi connectivity index (χ2v) is 2.43. The van der Waals surface area contributed by atoms with Crippen LogP contribution in [0, 0.1) is 0 Å². The van der Waals surface area contributed by atoms with Crippen molar-refractivity contribution in [2.75, 3.05) is 0 Å². The van der Waals surface area contributed by atoms with E-state index in [-0.39, 0.29) is 11.4 Å². The van der Waals surface area contributed by atoms with Crippen molar-refractivity contribution in [3.8, 4) is 5.82 Å². The quantitative estimate of drug-likeness (QED) is 0.703. The molecule has 1 N–H and O–H groups in total. The van der Waals surface area contributed by atoms with Crippen LogP contribution in [-0.4, -0.2) is 35.8 Å². The van der Waals surface area contributed by atoms with Gasteiger partial charge in [-0.2, -0.15) is 0 Å². The zero-order valence-corrected chi connectivity index (χ0v) is 6.90. The smallest absolute Gasteiger partial charge is 0.341 e. The zero-order valence-electron chi connectivity index (χ0n) is 6.90. The summed E-state index contributed by atoms with van der Waals surface area (Å²) in [6.07, 6.45) is 5.23. The van der Waals surface area contributed by atoms with Gasteiger partial charge >= 0.3 is 5.97 Å². The molecule has 0 aromatic carbocycles. The van der Waals surface area contributed by atoms with Gasteiger partial charge in [0.05, 0.1) is 0 Å². The fraction of sp³-hybridized carbons (Fsp3) is 0. The first-order valence-corrected chi connectivity index (χ1v) is 3.67. The number of hydrogen-bond donors (Lipinski definition) is 1. The highest BCUT2D eigenvalue weighted by atomic mass is 16.4. The SMILES string of the molecule is O=C(O)c1cncnc1-n1cnnc1. The summed E-state index contributed by atoms with van der Waals surface area (Å²) in [6.45, 7) is 0. The van der Waals surface area contributed by atoms with Gasteiger partial charge in [-0.25, -0.2) is 14.8 Å². The molecular formula is C7H5N5O2. The predicted octanol–water partition coefficient (Wildman–Crippen LogP) is -0.245. The summed E-state index contributed by atoms with van der Waals surface area (Å²) in [5.41, 5.74) is 0.00676. The normalized spacial score (nSPS) is 10.0. The molecule has 0 aliphatic heterocycles. The van der Waals surface area contributed by atoms with Crippen LogP contribution in [0.2, 0.25) is 0 Å². The van der Waals surface area contributed by atoms with Gasteiger partial charge in [-0.3, -0.25) is 4.57 Å². The highest BCUT2D eigenvalue weighted by Crippen LogP contribution is 2.08. The summed E-state index contributed by atoms with van der Waals surface area (Å²) in [4.78, 5) is 18.2. The molecule has 0 radical (unpaired) electrons. The predicted molar refractivity (Wildman–Crippen MR) is 43.9 cm³/mol. The third-order valence-electron chi connectivity index (χ3n) is 1.58. The van der Waals surface area contributed by atoms with Crippen LogP contribution in [0.25, 0.3) is 5.82 Å². The number of carboxylic acid groups (broad SMARTS) is 1. The zero-order chi connectivity index (χ0) is 9.97. The third kappa shape index (κ3) is 1.30. The molecule has 2 aromatic rings. The number of aromatic nitrogens is 5. The second kappa shape index (κ2) is 3.21. The van der Waals surface area contributed by atoms with E-state index in [1.165, 1.54) is 29.7 Å². The molecule has 14 heavy (non-hydrogen) atoms. The van der Waals surface area contributed by atoms with Crippen LogP contribution >= 0.6 is 0 Å². The summed E-state index contributed by atoms with van der Waals surface area (Å²) in [7, 11) is 0. The van der Waals surface area contributed by atoms with E-state index in [0.717, 1.165) is 0 Å². The van der Waals surface area contributed by atoms with E-state index in [1.54, 1.807) is 0 Å². The van der Waals surface area contributed by atoms with Crippen molar-refractivity contribution in [2.24, 2.45) is 0 Å². The monoisotopic (exact) mass is 191 g/mol. The van der Waals surface area contributed by atoms with Crippen LogP contribution in [0.5, 0.6) is 0 Å². The van der Waals surface area contributed by atoms with E-state index in [9.17, 15) is 4.79 Å². The van der Waals surface area contributed by atoms with E-state index < -0.39 is 5.97 Å². The van der Waals surface area contributed by atoms with E-state index in [0.29, 0.717) is 0 Å². The Morgan fingerprint density at radius 2 is 2.07 bits per heavy atom. The Balaban J connectivity index is 2.58. The van der Waals surface area contributed by atoms with E-state index in [4.69, 9.17) is 5.11 Å². The number of nitrogens with zero attached hydrogens (tertiary/aromatic N) is 5. The summed E-state index contributed by atoms with van der Waals surface area (Å²) >= 11 is 0. The Hall–Kier alpha value is -2.31. The summed E-state index contributed by atoms with van der Waals surface area (Å²) in [5, 5.41) is 15.9. The molecule has 7 heteroatoms. The molecule has 2 rings (SSSR count). The van der Waals surface area contributed by atoms with Crippen molar-refractivity contribution in [1.29, 1.82) is 0 Å². The molecule has 7 nitrogen and oxygen atoms in total. The molecule has 70 valence electrons. The van der Waals surface area contributed by atoms with Crippen LogP contribution in [0.15, 0.2) is 25.2 Å². The van der Waals surface area contributed by atoms with Gasteiger partial charge < -0.3 is 5.11 Å².